The maximum absolute atomic E-state index is 14.0. The zero-order valence-electron chi connectivity index (χ0n) is 16.5. The van der Waals surface area contributed by atoms with E-state index in [4.69, 9.17) is 0 Å². The second-order valence-electron chi connectivity index (χ2n) is 7.21. The van der Waals surface area contributed by atoms with Gasteiger partial charge in [0.2, 0.25) is 0 Å². The first-order valence-electron chi connectivity index (χ1n) is 9.93. The minimum Gasteiger partial charge on any atom is -0.337 e. The molecule has 2 heterocycles. The lowest BCUT2D eigenvalue weighted by atomic mass is 10.2. The van der Waals surface area contributed by atoms with E-state index >= 15 is 0 Å². The van der Waals surface area contributed by atoms with Crippen molar-refractivity contribution in [1.82, 2.24) is 14.8 Å². The summed E-state index contributed by atoms with van der Waals surface area (Å²) in [7, 11) is 0. The van der Waals surface area contributed by atoms with Crippen molar-refractivity contribution in [1.29, 1.82) is 0 Å². The van der Waals surface area contributed by atoms with Gasteiger partial charge in [0.15, 0.2) is 0 Å². The van der Waals surface area contributed by atoms with Gasteiger partial charge in [-0.1, -0.05) is 42.5 Å². The van der Waals surface area contributed by atoms with Crippen molar-refractivity contribution in [3.63, 3.8) is 0 Å². The zero-order chi connectivity index (χ0) is 20.9. The summed E-state index contributed by atoms with van der Waals surface area (Å²) in [5.41, 5.74) is 1.67. The van der Waals surface area contributed by atoms with Gasteiger partial charge in [0.25, 0.3) is 11.8 Å². The molecule has 3 aromatic rings. The Morgan fingerprint density at radius 3 is 2.30 bits per heavy atom. The normalized spacial score (nSPS) is 14.4. The molecule has 0 saturated carbocycles. The van der Waals surface area contributed by atoms with Crippen molar-refractivity contribution in [2.24, 2.45) is 0 Å². The highest BCUT2D eigenvalue weighted by Gasteiger charge is 2.25. The molecule has 0 bridgehead atoms. The summed E-state index contributed by atoms with van der Waals surface area (Å²) >= 11 is 1.48. The third-order valence-electron chi connectivity index (χ3n) is 5.14. The SMILES string of the molecule is O=C(c1csc(Cc2ccccc2)n1)N1CCCN(C(=O)c2ccccc2F)CC1. The Bertz CT molecular complexity index is 1040. The van der Waals surface area contributed by atoms with Crippen molar-refractivity contribution in [2.45, 2.75) is 12.8 Å². The lowest BCUT2D eigenvalue weighted by molar-refractivity contribution is 0.0713. The highest BCUT2D eigenvalue weighted by Crippen LogP contribution is 2.18. The molecular weight excluding hydrogens is 401 g/mol. The number of carbonyl (C=O) groups excluding carboxylic acids is 2. The molecule has 4 rings (SSSR count). The molecule has 0 unspecified atom stereocenters. The fourth-order valence-electron chi connectivity index (χ4n) is 3.55. The Labute approximate surface area is 178 Å². The van der Waals surface area contributed by atoms with Gasteiger partial charge in [-0.3, -0.25) is 9.59 Å². The summed E-state index contributed by atoms with van der Waals surface area (Å²) < 4.78 is 14.0. The van der Waals surface area contributed by atoms with E-state index in [0.717, 1.165) is 10.6 Å². The standard InChI is InChI=1S/C23H22FN3O2S/c24-19-10-5-4-9-18(19)22(28)26-11-6-12-27(14-13-26)23(29)20-16-30-21(25-20)15-17-7-2-1-3-8-17/h1-5,7-10,16H,6,11-15H2. The van der Waals surface area contributed by atoms with Crippen molar-refractivity contribution >= 4 is 23.2 Å². The van der Waals surface area contributed by atoms with Gasteiger partial charge in [-0.15, -0.1) is 11.3 Å². The van der Waals surface area contributed by atoms with E-state index in [2.05, 4.69) is 4.98 Å². The Balaban J connectivity index is 1.39. The van der Waals surface area contributed by atoms with E-state index in [1.54, 1.807) is 27.3 Å². The third kappa shape index (κ3) is 4.57. The van der Waals surface area contributed by atoms with Gasteiger partial charge < -0.3 is 9.80 Å². The molecule has 1 fully saturated rings. The number of rotatable bonds is 4. The molecule has 2 amide bonds. The third-order valence-corrected chi connectivity index (χ3v) is 5.99. The second kappa shape index (κ2) is 9.17. The maximum Gasteiger partial charge on any atom is 0.273 e. The number of hydrogen-bond donors (Lipinski definition) is 0. The van der Waals surface area contributed by atoms with Crippen LogP contribution in [-0.2, 0) is 6.42 Å². The topological polar surface area (TPSA) is 53.5 Å². The van der Waals surface area contributed by atoms with Gasteiger partial charge >= 0.3 is 0 Å². The number of thiazole rings is 1. The quantitative estimate of drug-likeness (QED) is 0.640. The second-order valence-corrected chi connectivity index (χ2v) is 8.15. The van der Waals surface area contributed by atoms with E-state index in [1.165, 1.54) is 23.5 Å². The molecule has 1 aromatic heterocycles. The van der Waals surface area contributed by atoms with Crippen LogP contribution < -0.4 is 0 Å². The number of benzene rings is 2. The van der Waals surface area contributed by atoms with Gasteiger partial charge in [-0.25, -0.2) is 9.37 Å². The predicted octanol–water partition coefficient (Wildman–Crippen LogP) is 3.86. The van der Waals surface area contributed by atoms with Crippen LogP contribution in [0.3, 0.4) is 0 Å². The number of aromatic nitrogens is 1. The number of halogens is 1. The van der Waals surface area contributed by atoms with Crippen LogP contribution in [0.1, 0.15) is 37.8 Å². The Kier molecular flexibility index (Phi) is 6.18. The fourth-order valence-corrected chi connectivity index (χ4v) is 4.35. The van der Waals surface area contributed by atoms with Gasteiger partial charge in [0, 0.05) is 38.0 Å². The number of carbonyl (C=O) groups is 2. The molecule has 30 heavy (non-hydrogen) atoms. The average Bonchev–Trinajstić information content (AvgIpc) is 3.09. The highest BCUT2D eigenvalue weighted by molar-refractivity contribution is 7.09. The van der Waals surface area contributed by atoms with E-state index in [0.29, 0.717) is 44.7 Å². The fraction of sp³-hybridized carbons (Fsp3) is 0.261. The summed E-state index contributed by atoms with van der Waals surface area (Å²) in [5.74, 6) is -0.972. The molecule has 7 heteroatoms. The summed E-state index contributed by atoms with van der Waals surface area (Å²) in [4.78, 5) is 33.5. The lowest BCUT2D eigenvalue weighted by Crippen LogP contribution is -2.37. The zero-order valence-corrected chi connectivity index (χ0v) is 17.3. The molecule has 0 N–H and O–H groups in total. The summed E-state index contributed by atoms with van der Waals surface area (Å²) in [6.45, 7) is 1.82. The van der Waals surface area contributed by atoms with Gasteiger partial charge in [-0.2, -0.15) is 0 Å². The van der Waals surface area contributed by atoms with Crippen molar-refractivity contribution in [2.75, 3.05) is 26.2 Å². The molecular formula is C23H22FN3O2S. The number of amides is 2. The molecule has 1 saturated heterocycles. The van der Waals surface area contributed by atoms with Crippen molar-refractivity contribution < 1.29 is 14.0 Å². The Hall–Kier alpha value is -3.06. The van der Waals surface area contributed by atoms with Crippen LogP contribution in [0.25, 0.3) is 0 Å². The first-order chi connectivity index (χ1) is 14.6. The Morgan fingerprint density at radius 2 is 1.57 bits per heavy atom. The largest absolute Gasteiger partial charge is 0.337 e. The van der Waals surface area contributed by atoms with Crippen LogP contribution in [0, 0.1) is 5.82 Å². The number of nitrogens with zero attached hydrogens (tertiary/aromatic N) is 3. The molecule has 0 spiro atoms. The summed E-state index contributed by atoms with van der Waals surface area (Å²) in [5, 5.41) is 2.70. The van der Waals surface area contributed by atoms with Crippen LogP contribution in [-0.4, -0.2) is 52.8 Å². The Morgan fingerprint density at radius 1 is 0.900 bits per heavy atom. The van der Waals surface area contributed by atoms with Crippen LogP contribution in [0.5, 0.6) is 0 Å². The van der Waals surface area contributed by atoms with Crippen molar-refractivity contribution in [3.05, 3.63) is 87.6 Å². The minimum atomic E-state index is -0.520. The predicted molar refractivity (Wildman–Crippen MR) is 114 cm³/mol. The smallest absolute Gasteiger partial charge is 0.273 e. The van der Waals surface area contributed by atoms with E-state index < -0.39 is 5.82 Å². The van der Waals surface area contributed by atoms with E-state index in [-0.39, 0.29) is 17.4 Å². The van der Waals surface area contributed by atoms with E-state index in [1.807, 2.05) is 30.3 Å². The molecule has 0 radical (unpaired) electrons. The van der Waals surface area contributed by atoms with E-state index in [9.17, 15) is 14.0 Å². The number of hydrogen-bond acceptors (Lipinski definition) is 4. The van der Waals surface area contributed by atoms with Crippen LogP contribution >= 0.6 is 11.3 Å². The van der Waals surface area contributed by atoms with Crippen LogP contribution in [0.4, 0.5) is 4.39 Å². The van der Waals surface area contributed by atoms with Gasteiger partial charge in [0.05, 0.1) is 10.6 Å². The van der Waals surface area contributed by atoms with Crippen molar-refractivity contribution in [3.8, 4) is 0 Å². The summed E-state index contributed by atoms with van der Waals surface area (Å²) in [6.07, 6.45) is 1.34. The average molecular weight is 424 g/mol. The molecule has 1 aliphatic rings. The van der Waals surface area contributed by atoms with Gasteiger partial charge in [-0.05, 0) is 24.1 Å². The van der Waals surface area contributed by atoms with Gasteiger partial charge in [0.1, 0.15) is 11.5 Å². The maximum atomic E-state index is 14.0. The van der Waals surface area contributed by atoms with Crippen LogP contribution in [0.2, 0.25) is 0 Å². The highest BCUT2D eigenvalue weighted by atomic mass is 32.1. The monoisotopic (exact) mass is 423 g/mol. The molecule has 154 valence electrons. The molecule has 0 aliphatic carbocycles. The molecule has 0 atom stereocenters. The lowest BCUT2D eigenvalue weighted by Gasteiger charge is -2.22. The molecule has 5 nitrogen and oxygen atoms in total. The first kappa shape index (κ1) is 20.2. The molecule has 2 aromatic carbocycles. The minimum absolute atomic E-state index is 0.0716. The molecule has 1 aliphatic heterocycles. The summed E-state index contributed by atoms with van der Waals surface area (Å²) in [6, 6.07) is 16.0. The first-order valence-corrected chi connectivity index (χ1v) is 10.8. The van der Waals surface area contributed by atoms with Crippen LogP contribution in [0.15, 0.2) is 60.0 Å².